The average molecular weight is 608 g/mol. The predicted molar refractivity (Wildman–Crippen MR) is 152 cm³/mol. The fourth-order valence-electron chi connectivity index (χ4n) is 5.45. The Morgan fingerprint density at radius 1 is 1.07 bits per heavy atom. The van der Waals surface area contributed by atoms with E-state index in [1.54, 1.807) is 21.3 Å². The molecule has 2 amide bonds. The molecular weight excluding hydrogens is 582 g/mol. The Labute approximate surface area is 247 Å². The minimum atomic E-state index is -4.72. The van der Waals surface area contributed by atoms with Crippen molar-refractivity contribution in [3.8, 4) is 11.1 Å². The number of aromatic nitrogens is 5. The van der Waals surface area contributed by atoms with Crippen LogP contribution in [-0.4, -0.2) is 65.4 Å². The highest BCUT2D eigenvalue weighted by Crippen LogP contribution is 2.31. The van der Waals surface area contributed by atoms with Crippen LogP contribution in [0.25, 0.3) is 27.7 Å². The van der Waals surface area contributed by atoms with Crippen LogP contribution >= 0.6 is 0 Å². The Morgan fingerprint density at radius 3 is 2.61 bits per heavy atom. The molecule has 10 nitrogen and oxygen atoms in total. The van der Waals surface area contributed by atoms with Crippen LogP contribution < -0.4 is 5.32 Å². The van der Waals surface area contributed by atoms with Crippen molar-refractivity contribution in [2.45, 2.75) is 45.2 Å². The zero-order valence-corrected chi connectivity index (χ0v) is 23.5. The van der Waals surface area contributed by atoms with Gasteiger partial charge in [-0.05, 0) is 43.7 Å². The number of nitrogens with one attached hydrogen (secondary N) is 1. The average Bonchev–Trinajstić information content (AvgIpc) is 3.66. The highest BCUT2D eigenvalue weighted by molar-refractivity contribution is 6.08. The van der Waals surface area contributed by atoms with Gasteiger partial charge in [0.2, 0.25) is 11.8 Å². The molecular formula is C30H25F4N7O3. The number of hydrogen-bond acceptors (Lipinski definition) is 6. The number of pyridine rings is 1. The quantitative estimate of drug-likeness (QED) is 0.218. The molecule has 14 heteroatoms. The fraction of sp³-hybridized carbons (Fsp3) is 0.267. The third kappa shape index (κ3) is 5.50. The number of aryl methyl sites for hydroxylation is 1. The molecule has 6 rings (SSSR count). The lowest BCUT2D eigenvalue weighted by Gasteiger charge is -2.24. The van der Waals surface area contributed by atoms with E-state index in [0.717, 1.165) is 33.9 Å². The van der Waals surface area contributed by atoms with Crippen LogP contribution in [0.5, 0.6) is 0 Å². The number of benzene rings is 1. The van der Waals surface area contributed by atoms with Crippen molar-refractivity contribution < 1.29 is 31.9 Å². The third-order valence-corrected chi connectivity index (χ3v) is 7.50. The van der Waals surface area contributed by atoms with E-state index in [9.17, 15) is 31.9 Å². The second-order valence-corrected chi connectivity index (χ2v) is 10.7. The van der Waals surface area contributed by atoms with Gasteiger partial charge >= 0.3 is 6.18 Å². The molecule has 1 saturated heterocycles. The number of ketones is 1. The van der Waals surface area contributed by atoms with Crippen molar-refractivity contribution >= 4 is 40.0 Å². The van der Waals surface area contributed by atoms with Crippen LogP contribution in [0.3, 0.4) is 0 Å². The molecule has 1 N–H and O–H groups in total. The van der Waals surface area contributed by atoms with Crippen molar-refractivity contribution in [3.05, 3.63) is 78.0 Å². The van der Waals surface area contributed by atoms with Gasteiger partial charge in [-0.15, -0.1) is 0 Å². The van der Waals surface area contributed by atoms with Crippen LogP contribution in [0.2, 0.25) is 0 Å². The number of Topliss-reactive ketones (excluding diaryl/α,β-unsaturated/α-hetero) is 1. The summed E-state index contributed by atoms with van der Waals surface area (Å²) in [5.41, 5.74) is 2.78. The summed E-state index contributed by atoms with van der Waals surface area (Å²) < 4.78 is 56.9. The topological polar surface area (TPSA) is 114 Å². The maximum absolute atomic E-state index is 14.5. The lowest BCUT2D eigenvalue weighted by molar-refractivity contribution is -0.141. The number of alkyl halides is 4. The molecule has 226 valence electrons. The highest BCUT2D eigenvalue weighted by atomic mass is 19.4. The number of halogens is 4. The molecule has 0 unspecified atom stereocenters. The van der Waals surface area contributed by atoms with E-state index < -0.39 is 35.9 Å². The Morgan fingerprint density at radius 2 is 1.86 bits per heavy atom. The van der Waals surface area contributed by atoms with Gasteiger partial charge in [0.1, 0.15) is 30.3 Å². The monoisotopic (exact) mass is 607 g/mol. The molecule has 0 radical (unpaired) electrons. The number of fused-ring (bicyclic) bond motifs is 2. The van der Waals surface area contributed by atoms with Crippen LogP contribution in [0.4, 0.5) is 23.4 Å². The van der Waals surface area contributed by atoms with Gasteiger partial charge in [0.15, 0.2) is 11.4 Å². The van der Waals surface area contributed by atoms with E-state index in [0.29, 0.717) is 22.1 Å². The van der Waals surface area contributed by atoms with Gasteiger partial charge in [0, 0.05) is 53.1 Å². The first-order valence-corrected chi connectivity index (χ1v) is 13.6. The minimum Gasteiger partial charge on any atom is -0.337 e. The molecule has 44 heavy (non-hydrogen) atoms. The van der Waals surface area contributed by atoms with Gasteiger partial charge in [-0.1, -0.05) is 12.1 Å². The molecule has 5 heterocycles. The fourth-order valence-corrected chi connectivity index (χ4v) is 5.45. The molecule has 1 fully saturated rings. The van der Waals surface area contributed by atoms with Gasteiger partial charge in [-0.2, -0.15) is 18.3 Å². The van der Waals surface area contributed by atoms with E-state index in [2.05, 4.69) is 20.4 Å². The Hall–Kier alpha value is -5.14. The van der Waals surface area contributed by atoms with Crippen LogP contribution in [0, 0.1) is 6.92 Å². The summed E-state index contributed by atoms with van der Waals surface area (Å²) in [5.74, 6) is -2.04. The van der Waals surface area contributed by atoms with Crippen LogP contribution in [-0.2, 0) is 22.3 Å². The number of amides is 2. The minimum absolute atomic E-state index is 0.231. The lowest BCUT2D eigenvalue weighted by Crippen LogP contribution is -2.44. The van der Waals surface area contributed by atoms with E-state index in [1.807, 2.05) is 31.3 Å². The number of rotatable bonds is 6. The lowest BCUT2D eigenvalue weighted by atomic mass is 10.0. The largest absolute Gasteiger partial charge is 0.433 e. The summed E-state index contributed by atoms with van der Waals surface area (Å²) in [7, 11) is 0. The third-order valence-electron chi connectivity index (χ3n) is 7.50. The van der Waals surface area contributed by atoms with Gasteiger partial charge in [-0.3, -0.25) is 14.4 Å². The summed E-state index contributed by atoms with van der Waals surface area (Å²) in [5, 5.41) is 7.26. The second kappa shape index (κ2) is 10.8. The highest BCUT2D eigenvalue weighted by Gasteiger charge is 2.40. The molecule has 2 atom stereocenters. The molecule has 1 aliphatic heterocycles. The first-order chi connectivity index (χ1) is 20.9. The Bertz CT molecular complexity index is 1950. The van der Waals surface area contributed by atoms with Crippen molar-refractivity contribution in [2.75, 3.05) is 11.9 Å². The molecule has 0 bridgehead atoms. The first-order valence-electron chi connectivity index (χ1n) is 13.6. The van der Waals surface area contributed by atoms with Gasteiger partial charge < -0.3 is 14.8 Å². The second-order valence-electron chi connectivity index (χ2n) is 10.7. The standard InChI is InChI=1S/C30H25F4N7O3/c1-16-8-27-35-11-19(12-41(27)38-16)18-6-7-23-21(9-18)22(17(2)42)14-39(23)15-28(43)40-13-20(31)10-24(40)29(44)37-26-5-3-4-25(36-26)30(32,33)34/h3-9,11-12,14,20,24H,10,13,15H2,1-2H3,(H,36,37,44)/t20-,24+/m1/s1. The van der Waals surface area contributed by atoms with Crippen LogP contribution in [0.15, 0.2) is 61.1 Å². The summed E-state index contributed by atoms with van der Waals surface area (Å²) >= 11 is 0. The van der Waals surface area contributed by atoms with E-state index in [4.69, 9.17) is 0 Å². The molecule has 0 spiro atoms. The molecule has 0 saturated carbocycles. The van der Waals surface area contributed by atoms with E-state index >= 15 is 0 Å². The van der Waals surface area contributed by atoms with Gasteiger partial charge in [0.25, 0.3) is 0 Å². The summed E-state index contributed by atoms with van der Waals surface area (Å²) in [4.78, 5) is 47.9. The Kier molecular flexibility index (Phi) is 7.14. The molecule has 1 aliphatic rings. The van der Waals surface area contributed by atoms with Crippen molar-refractivity contribution in [3.63, 3.8) is 0 Å². The smallest absolute Gasteiger partial charge is 0.337 e. The normalized spacial score (nSPS) is 17.0. The first kappa shape index (κ1) is 29.0. The summed E-state index contributed by atoms with van der Waals surface area (Å²) in [6, 6.07) is 9.00. The van der Waals surface area contributed by atoms with Crippen molar-refractivity contribution in [1.29, 1.82) is 0 Å². The maximum atomic E-state index is 14.5. The van der Waals surface area contributed by atoms with Crippen LogP contribution in [0.1, 0.15) is 35.1 Å². The summed E-state index contributed by atoms with van der Waals surface area (Å²) in [6.45, 7) is 2.60. The number of carbonyl (C=O) groups excluding carboxylic acids is 3. The SMILES string of the molecule is CC(=O)c1cn(CC(=O)N2C[C@H](F)C[C@H]2C(=O)Nc2cccc(C(F)(F)F)n2)c2ccc(-c3cnc4cc(C)nn4c3)cc12. The molecule has 1 aromatic carbocycles. The zero-order valence-electron chi connectivity index (χ0n) is 23.5. The predicted octanol–water partition coefficient (Wildman–Crippen LogP) is 4.85. The van der Waals surface area contributed by atoms with E-state index in [-0.39, 0.29) is 31.1 Å². The molecule has 0 aliphatic carbocycles. The van der Waals surface area contributed by atoms with Gasteiger partial charge in [0.05, 0.1) is 12.2 Å². The van der Waals surface area contributed by atoms with Crippen molar-refractivity contribution in [1.82, 2.24) is 29.0 Å². The number of anilines is 1. The van der Waals surface area contributed by atoms with Gasteiger partial charge in [-0.25, -0.2) is 18.9 Å². The van der Waals surface area contributed by atoms with E-state index in [1.165, 1.54) is 19.2 Å². The zero-order chi connectivity index (χ0) is 31.3. The molecule has 4 aromatic heterocycles. The number of carbonyl (C=O) groups is 3. The number of likely N-dealkylation sites (tertiary alicyclic amines) is 1. The number of hydrogen-bond donors (Lipinski definition) is 1. The molecule has 5 aromatic rings. The maximum Gasteiger partial charge on any atom is 0.433 e. The Balaban J connectivity index is 1.25. The van der Waals surface area contributed by atoms with Crippen molar-refractivity contribution in [2.24, 2.45) is 0 Å². The number of nitrogens with zero attached hydrogens (tertiary/aromatic N) is 6. The summed E-state index contributed by atoms with van der Waals surface area (Å²) in [6.07, 6.45) is -1.48.